The van der Waals surface area contributed by atoms with Crippen LogP contribution in [0.1, 0.15) is 30.2 Å². The first-order valence-electron chi connectivity index (χ1n) is 11.0. The molecule has 1 aromatic heterocycles. The van der Waals surface area contributed by atoms with Crippen LogP contribution >= 0.6 is 0 Å². The zero-order valence-corrected chi connectivity index (χ0v) is 19.3. The summed E-state index contributed by atoms with van der Waals surface area (Å²) in [6.07, 6.45) is 6.93. The van der Waals surface area contributed by atoms with Crippen LogP contribution < -0.4 is 4.74 Å². The number of halogens is 3. The van der Waals surface area contributed by atoms with Crippen LogP contribution in [0.3, 0.4) is 0 Å². The SMILES string of the molecule is COc1cc(/C=C2\O[C@@H](C)[C@H]3CC=C(c4cc(F)c(F)c(F)c4)N3C2=O)ccc1-n1cnc(C)c1. The number of methoxy groups -OCH3 is 1. The molecule has 2 atom stereocenters. The van der Waals surface area contributed by atoms with E-state index in [0.29, 0.717) is 23.4 Å². The van der Waals surface area contributed by atoms with Gasteiger partial charge in [0.05, 0.1) is 30.9 Å². The number of carbonyl (C=O) groups excluding carboxylic acids is 1. The monoisotopic (exact) mass is 481 g/mol. The molecule has 0 saturated carbocycles. The zero-order valence-electron chi connectivity index (χ0n) is 19.3. The third-order valence-electron chi connectivity index (χ3n) is 6.20. The first kappa shape index (κ1) is 22.8. The molecule has 0 spiro atoms. The second kappa shape index (κ2) is 8.65. The quantitative estimate of drug-likeness (QED) is 0.389. The normalized spacial score (nSPS) is 20.6. The van der Waals surface area contributed by atoms with E-state index in [4.69, 9.17) is 9.47 Å². The third kappa shape index (κ3) is 3.96. The highest BCUT2D eigenvalue weighted by Crippen LogP contribution is 2.39. The highest BCUT2D eigenvalue weighted by Gasteiger charge is 2.43. The van der Waals surface area contributed by atoms with E-state index in [1.165, 1.54) is 4.90 Å². The summed E-state index contributed by atoms with van der Waals surface area (Å²) >= 11 is 0. The predicted molar refractivity (Wildman–Crippen MR) is 123 cm³/mol. The number of aromatic nitrogens is 2. The number of morpholine rings is 1. The highest BCUT2D eigenvalue weighted by molar-refractivity contribution is 6.02. The molecule has 0 unspecified atom stereocenters. The Kier molecular flexibility index (Phi) is 5.62. The van der Waals surface area contributed by atoms with E-state index in [9.17, 15) is 18.0 Å². The number of rotatable bonds is 4. The van der Waals surface area contributed by atoms with Gasteiger partial charge in [-0.25, -0.2) is 18.2 Å². The molecule has 0 aliphatic carbocycles. The topological polar surface area (TPSA) is 56.6 Å². The van der Waals surface area contributed by atoms with Crippen LogP contribution in [0, 0.1) is 24.4 Å². The van der Waals surface area contributed by atoms with Gasteiger partial charge in [-0.2, -0.15) is 0 Å². The molecular formula is C26H22F3N3O3. The minimum Gasteiger partial charge on any atom is -0.495 e. The van der Waals surface area contributed by atoms with Crippen LogP contribution in [0.5, 0.6) is 5.75 Å². The Morgan fingerprint density at radius 1 is 1.17 bits per heavy atom. The molecular weight excluding hydrogens is 459 g/mol. The molecule has 0 bridgehead atoms. The Bertz CT molecular complexity index is 1370. The summed E-state index contributed by atoms with van der Waals surface area (Å²) in [4.78, 5) is 19.1. The summed E-state index contributed by atoms with van der Waals surface area (Å²) in [6, 6.07) is 6.88. The highest BCUT2D eigenvalue weighted by atomic mass is 19.2. The van der Waals surface area contributed by atoms with Gasteiger partial charge in [0.15, 0.2) is 23.2 Å². The summed E-state index contributed by atoms with van der Waals surface area (Å²) in [7, 11) is 1.55. The van der Waals surface area contributed by atoms with Gasteiger partial charge in [0, 0.05) is 17.5 Å². The van der Waals surface area contributed by atoms with Crippen molar-refractivity contribution in [3.05, 3.63) is 89.0 Å². The van der Waals surface area contributed by atoms with E-state index in [-0.39, 0.29) is 23.5 Å². The van der Waals surface area contributed by atoms with Gasteiger partial charge in [-0.15, -0.1) is 0 Å². The summed E-state index contributed by atoms with van der Waals surface area (Å²) < 4.78 is 54.6. The average molecular weight is 481 g/mol. The molecule has 0 radical (unpaired) electrons. The molecule has 1 amide bonds. The van der Waals surface area contributed by atoms with Gasteiger partial charge in [0.25, 0.3) is 5.91 Å². The van der Waals surface area contributed by atoms with Gasteiger partial charge in [0.2, 0.25) is 0 Å². The van der Waals surface area contributed by atoms with Gasteiger partial charge in [-0.1, -0.05) is 12.1 Å². The minimum absolute atomic E-state index is 0.0814. The second-order valence-electron chi connectivity index (χ2n) is 8.51. The Balaban J connectivity index is 1.48. The maximum Gasteiger partial charge on any atom is 0.293 e. The van der Waals surface area contributed by atoms with E-state index in [2.05, 4.69) is 4.98 Å². The largest absolute Gasteiger partial charge is 0.495 e. The molecule has 1 fully saturated rings. The fourth-order valence-corrected chi connectivity index (χ4v) is 4.48. The Morgan fingerprint density at radius 2 is 1.91 bits per heavy atom. The van der Waals surface area contributed by atoms with Crippen LogP contribution in [0.25, 0.3) is 17.5 Å². The number of hydrogen-bond donors (Lipinski definition) is 0. The van der Waals surface area contributed by atoms with E-state index in [1.54, 1.807) is 31.7 Å². The lowest BCUT2D eigenvalue weighted by molar-refractivity contribution is -0.138. The van der Waals surface area contributed by atoms with Crippen LogP contribution in [0.2, 0.25) is 0 Å². The van der Waals surface area contributed by atoms with Gasteiger partial charge in [0.1, 0.15) is 11.9 Å². The molecule has 5 rings (SSSR count). The molecule has 1 saturated heterocycles. The van der Waals surface area contributed by atoms with Crippen LogP contribution in [-0.4, -0.2) is 39.6 Å². The van der Waals surface area contributed by atoms with Gasteiger partial charge >= 0.3 is 0 Å². The number of hydrogen-bond acceptors (Lipinski definition) is 4. The molecule has 2 aliphatic heterocycles. The van der Waals surface area contributed by atoms with Crippen molar-refractivity contribution >= 4 is 17.7 Å². The lowest BCUT2D eigenvalue weighted by Crippen LogP contribution is -2.48. The summed E-state index contributed by atoms with van der Waals surface area (Å²) in [5.41, 5.74) is 2.72. The van der Waals surface area contributed by atoms with Crippen molar-refractivity contribution in [1.82, 2.24) is 14.5 Å². The number of imidazole rings is 1. The molecule has 35 heavy (non-hydrogen) atoms. The second-order valence-corrected chi connectivity index (χ2v) is 8.51. The fourth-order valence-electron chi connectivity index (χ4n) is 4.48. The lowest BCUT2D eigenvalue weighted by Gasteiger charge is -2.38. The van der Waals surface area contributed by atoms with Crippen molar-refractivity contribution in [2.75, 3.05) is 7.11 Å². The summed E-state index contributed by atoms with van der Waals surface area (Å²) in [6.45, 7) is 3.71. The van der Waals surface area contributed by atoms with Crippen LogP contribution in [0.4, 0.5) is 13.2 Å². The maximum atomic E-state index is 13.9. The number of carbonyl (C=O) groups is 1. The van der Waals surface area contributed by atoms with Crippen molar-refractivity contribution in [2.24, 2.45) is 0 Å². The van der Waals surface area contributed by atoms with Gasteiger partial charge in [-0.05, 0) is 56.2 Å². The average Bonchev–Trinajstić information content (AvgIpc) is 3.47. The fraction of sp³-hybridized carbons (Fsp3) is 0.231. The number of benzene rings is 2. The molecule has 3 heterocycles. The molecule has 6 nitrogen and oxygen atoms in total. The van der Waals surface area contributed by atoms with E-state index in [0.717, 1.165) is 23.5 Å². The van der Waals surface area contributed by atoms with E-state index in [1.807, 2.05) is 36.7 Å². The Hall–Kier alpha value is -4.01. The van der Waals surface area contributed by atoms with Crippen molar-refractivity contribution < 1.29 is 27.4 Å². The Morgan fingerprint density at radius 3 is 2.57 bits per heavy atom. The first-order chi connectivity index (χ1) is 16.8. The van der Waals surface area contributed by atoms with Crippen molar-refractivity contribution in [3.63, 3.8) is 0 Å². The maximum absolute atomic E-state index is 13.9. The van der Waals surface area contributed by atoms with Crippen molar-refractivity contribution in [3.8, 4) is 11.4 Å². The zero-order chi connectivity index (χ0) is 24.9. The number of ether oxygens (including phenoxy) is 2. The standard InChI is InChI=1S/C26H22F3N3O3/c1-14-12-31(13-30-14)22-5-4-16(8-23(22)34-3)9-24-26(33)32-20(15(2)35-24)6-7-21(32)17-10-18(27)25(29)19(28)11-17/h4-5,7-13,15,20H,6H2,1-3H3/b24-9-/t15-,20+/m0/s1. The molecule has 180 valence electrons. The van der Waals surface area contributed by atoms with E-state index < -0.39 is 23.4 Å². The van der Waals surface area contributed by atoms with E-state index >= 15 is 0 Å². The molecule has 2 aromatic carbocycles. The predicted octanol–water partition coefficient (Wildman–Crippen LogP) is 5.01. The van der Waals surface area contributed by atoms with Crippen LogP contribution in [-0.2, 0) is 9.53 Å². The number of amides is 1. The Labute approximate surface area is 199 Å². The molecule has 9 heteroatoms. The smallest absolute Gasteiger partial charge is 0.293 e. The third-order valence-corrected chi connectivity index (χ3v) is 6.20. The molecule has 2 aliphatic rings. The van der Waals surface area contributed by atoms with Gasteiger partial charge in [-0.3, -0.25) is 9.69 Å². The lowest BCUT2D eigenvalue weighted by atomic mass is 10.1. The number of aryl methyl sites for hydroxylation is 1. The number of nitrogens with zero attached hydrogens (tertiary/aromatic N) is 3. The van der Waals surface area contributed by atoms with Crippen molar-refractivity contribution in [2.45, 2.75) is 32.4 Å². The summed E-state index contributed by atoms with van der Waals surface area (Å²) in [5.74, 6) is -3.96. The molecule has 3 aromatic rings. The van der Waals surface area contributed by atoms with Crippen molar-refractivity contribution in [1.29, 1.82) is 0 Å². The summed E-state index contributed by atoms with van der Waals surface area (Å²) in [5, 5.41) is 0. The minimum atomic E-state index is -1.55. The molecule has 0 N–H and O–H groups in total. The number of fused-ring (bicyclic) bond motifs is 1. The van der Waals surface area contributed by atoms with Crippen LogP contribution in [0.15, 0.2) is 54.7 Å². The van der Waals surface area contributed by atoms with Gasteiger partial charge < -0.3 is 14.0 Å². The first-order valence-corrected chi connectivity index (χ1v) is 11.0.